The molecule has 0 saturated heterocycles. The van der Waals surface area contributed by atoms with Gasteiger partial charge in [0.05, 0.1) is 6.20 Å². The van der Waals surface area contributed by atoms with Gasteiger partial charge in [-0.2, -0.15) is 0 Å². The van der Waals surface area contributed by atoms with Crippen molar-refractivity contribution in [3.63, 3.8) is 0 Å². The Morgan fingerprint density at radius 2 is 1.76 bits per heavy atom. The number of pyridine rings is 1. The lowest BCUT2D eigenvalue weighted by molar-refractivity contribution is 0.301. The molecule has 0 aliphatic rings. The van der Waals surface area contributed by atoms with Crippen LogP contribution in [0.3, 0.4) is 0 Å². The van der Waals surface area contributed by atoms with Crippen molar-refractivity contribution in [2.75, 3.05) is 0 Å². The molecule has 2 aromatic carbocycles. The van der Waals surface area contributed by atoms with Gasteiger partial charge < -0.3 is 9.15 Å². The summed E-state index contributed by atoms with van der Waals surface area (Å²) in [5.41, 5.74) is 7.46. The van der Waals surface area contributed by atoms with Crippen LogP contribution in [0.4, 0.5) is 0 Å². The average Bonchev–Trinajstić information content (AvgIpc) is 3.28. The Bertz CT molecular complexity index is 1230. The topological polar surface area (TPSA) is 48.2 Å². The van der Waals surface area contributed by atoms with E-state index < -0.39 is 0 Å². The van der Waals surface area contributed by atoms with Crippen LogP contribution in [0.1, 0.15) is 48.8 Å². The van der Waals surface area contributed by atoms with E-state index in [0.717, 1.165) is 63.6 Å². The first-order valence-electron chi connectivity index (χ1n) is 11.7. The van der Waals surface area contributed by atoms with E-state index in [1.54, 1.807) is 0 Å². The molecule has 0 amide bonds. The molecule has 0 aliphatic heterocycles. The normalized spacial score (nSPS) is 11.2. The zero-order valence-electron chi connectivity index (χ0n) is 20.2. The van der Waals surface area contributed by atoms with Crippen LogP contribution in [0, 0.1) is 19.8 Å². The van der Waals surface area contributed by atoms with Gasteiger partial charge in [0.25, 0.3) is 0 Å². The fourth-order valence-electron chi connectivity index (χ4n) is 4.11. The van der Waals surface area contributed by atoms with Crippen molar-refractivity contribution in [3.05, 3.63) is 88.9 Å². The molecule has 0 unspecified atom stereocenters. The van der Waals surface area contributed by atoms with E-state index in [1.165, 1.54) is 0 Å². The molecule has 0 saturated carbocycles. The largest absolute Gasteiger partial charge is 0.488 e. The van der Waals surface area contributed by atoms with E-state index in [0.29, 0.717) is 18.4 Å². The molecule has 2 heterocycles. The Labute approximate surface area is 196 Å². The molecule has 0 atom stereocenters. The number of ether oxygens (including phenoxy) is 1. The van der Waals surface area contributed by atoms with Gasteiger partial charge in [0.15, 0.2) is 5.76 Å². The molecular weight excluding hydrogens is 408 g/mol. The van der Waals surface area contributed by atoms with Crippen molar-refractivity contribution < 1.29 is 9.15 Å². The Balaban J connectivity index is 1.60. The van der Waals surface area contributed by atoms with Gasteiger partial charge in [-0.1, -0.05) is 51.1 Å². The number of aryl methyl sites for hydroxylation is 3. The number of hydrogen-bond donors (Lipinski definition) is 0. The average molecular weight is 441 g/mol. The van der Waals surface area contributed by atoms with Crippen molar-refractivity contribution in [1.29, 1.82) is 0 Å². The van der Waals surface area contributed by atoms with Gasteiger partial charge in [0, 0.05) is 22.5 Å². The summed E-state index contributed by atoms with van der Waals surface area (Å²) in [6.45, 7) is 11.2. The van der Waals surface area contributed by atoms with Crippen LogP contribution in [-0.2, 0) is 19.4 Å². The molecule has 4 heteroatoms. The number of nitrogens with zero attached hydrogens (tertiary/aromatic N) is 2. The summed E-state index contributed by atoms with van der Waals surface area (Å²) in [5, 5.41) is 0. The molecule has 4 aromatic rings. The number of hydrogen-bond acceptors (Lipinski definition) is 4. The SMILES string of the molecule is CCc1cc(-c2ncc(-c3cc(C)nc(CC(C)C)c3)o2)cc(C)c1OCc1ccccc1. The minimum Gasteiger partial charge on any atom is -0.488 e. The molecule has 0 N–H and O–H groups in total. The van der Waals surface area contributed by atoms with Gasteiger partial charge in [-0.3, -0.25) is 4.98 Å². The maximum Gasteiger partial charge on any atom is 0.226 e. The molecule has 0 aliphatic carbocycles. The van der Waals surface area contributed by atoms with Gasteiger partial charge in [-0.25, -0.2) is 4.98 Å². The van der Waals surface area contributed by atoms with E-state index in [1.807, 2.05) is 31.3 Å². The first-order chi connectivity index (χ1) is 15.9. The summed E-state index contributed by atoms with van der Waals surface area (Å²) in [7, 11) is 0. The molecule has 0 bridgehead atoms. The second-order valence-electron chi connectivity index (χ2n) is 9.03. The van der Waals surface area contributed by atoms with Crippen LogP contribution in [0.15, 0.2) is 65.2 Å². The smallest absolute Gasteiger partial charge is 0.226 e. The number of oxazole rings is 1. The van der Waals surface area contributed by atoms with Gasteiger partial charge in [0.1, 0.15) is 12.4 Å². The first-order valence-corrected chi connectivity index (χ1v) is 11.7. The minimum absolute atomic E-state index is 0.551. The Morgan fingerprint density at radius 3 is 2.48 bits per heavy atom. The van der Waals surface area contributed by atoms with Crippen LogP contribution in [0.25, 0.3) is 22.8 Å². The third-order valence-electron chi connectivity index (χ3n) is 5.62. The molecule has 4 rings (SSSR count). The highest BCUT2D eigenvalue weighted by Crippen LogP contribution is 2.33. The van der Waals surface area contributed by atoms with E-state index >= 15 is 0 Å². The Kier molecular flexibility index (Phi) is 6.93. The van der Waals surface area contributed by atoms with Crippen molar-refractivity contribution in [2.45, 2.75) is 54.1 Å². The van der Waals surface area contributed by atoms with Gasteiger partial charge in [0.2, 0.25) is 5.89 Å². The van der Waals surface area contributed by atoms with Crippen molar-refractivity contribution in [2.24, 2.45) is 5.92 Å². The van der Waals surface area contributed by atoms with Crippen LogP contribution in [0.2, 0.25) is 0 Å². The van der Waals surface area contributed by atoms with Gasteiger partial charge in [-0.15, -0.1) is 0 Å². The molecule has 0 radical (unpaired) electrons. The summed E-state index contributed by atoms with van der Waals surface area (Å²) in [6.07, 6.45) is 3.62. The first kappa shape index (κ1) is 22.8. The standard InChI is InChI=1S/C29H32N2O2/c1-6-23-15-25(13-20(4)28(23)32-18-22-10-8-7-9-11-22)29-30-17-27(33-29)24-14-21(5)31-26(16-24)12-19(2)3/h7-11,13-17,19H,6,12,18H2,1-5H3. The van der Waals surface area contributed by atoms with Crippen molar-refractivity contribution >= 4 is 0 Å². The summed E-state index contributed by atoms with van der Waals surface area (Å²) >= 11 is 0. The predicted molar refractivity (Wildman–Crippen MR) is 133 cm³/mol. The van der Waals surface area contributed by atoms with E-state index in [2.05, 4.69) is 74.1 Å². The summed E-state index contributed by atoms with van der Waals surface area (Å²) < 4.78 is 12.4. The lowest BCUT2D eigenvalue weighted by atomic mass is 10.0. The Morgan fingerprint density at radius 1 is 0.970 bits per heavy atom. The predicted octanol–water partition coefficient (Wildman–Crippen LogP) is 7.36. The molecule has 0 spiro atoms. The third kappa shape index (κ3) is 5.51. The molecule has 4 nitrogen and oxygen atoms in total. The van der Waals surface area contributed by atoms with Gasteiger partial charge >= 0.3 is 0 Å². The van der Waals surface area contributed by atoms with Crippen molar-refractivity contribution in [1.82, 2.24) is 9.97 Å². The lowest BCUT2D eigenvalue weighted by Crippen LogP contribution is -2.01. The molecular formula is C29H32N2O2. The summed E-state index contributed by atoms with van der Waals surface area (Å²) in [5.74, 6) is 2.88. The maximum atomic E-state index is 6.21. The third-order valence-corrected chi connectivity index (χ3v) is 5.62. The lowest BCUT2D eigenvalue weighted by Gasteiger charge is -2.15. The van der Waals surface area contributed by atoms with E-state index in [4.69, 9.17) is 9.15 Å². The monoisotopic (exact) mass is 440 g/mol. The number of benzene rings is 2. The number of aromatic nitrogens is 2. The maximum absolute atomic E-state index is 6.21. The zero-order valence-corrected chi connectivity index (χ0v) is 20.2. The van der Waals surface area contributed by atoms with E-state index in [-0.39, 0.29) is 0 Å². The summed E-state index contributed by atoms with van der Waals surface area (Å²) in [6, 6.07) is 18.6. The number of rotatable bonds is 8. The van der Waals surface area contributed by atoms with Crippen LogP contribution in [0.5, 0.6) is 5.75 Å². The second-order valence-corrected chi connectivity index (χ2v) is 9.03. The molecule has 0 fully saturated rings. The zero-order chi connectivity index (χ0) is 23.4. The second kappa shape index (κ2) is 10.0. The van der Waals surface area contributed by atoms with E-state index in [9.17, 15) is 0 Å². The highest BCUT2D eigenvalue weighted by atomic mass is 16.5. The van der Waals surface area contributed by atoms with Crippen LogP contribution >= 0.6 is 0 Å². The fraction of sp³-hybridized carbons (Fsp3) is 0.310. The molecule has 2 aromatic heterocycles. The highest BCUT2D eigenvalue weighted by Gasteiger charge is 2.15. The van der Waals surface area contributed by atoms with Gasteiger partial charge in [-0.05, 0) is 73.6 Å². The van der Waals surface area contributed by atoms with Crippen molar-refractivity contribution in [3.8, 4) is 28.5 Å². The summed E-state index contributed by atoms with van der Waals surface area (Å²) in [4.78, 5) is 9.27. The quantitative estimate of drug-likeness (QED) is 0.287. The van der Waals surface area contributed by atoms with Crippen LogP contribution in [-0.4, -0.2) is 9.97 Å². The minimum atomic E-state index is 0.551. The fourth-order valence-corrected chi connectivity index (χ4v) is 4.11. The molecule has 33 heavy (non-hydrogen) atoms. The molecule has 170 valence electrons. The highest BCUT2D eigenvalue weighted by molar-refractivity contribution is 5.64. The Hall–Kier alpha value is -3.40. The van der Waals surface area contributed by atoms with Crippen LogP contribution < -0.4 is 4.74 Å².